The molecule has 1 atom stereocenters. The molecule has 15 heavy (non-hydrogen) atoms. The lowest BCUT2D eigenvalue weighted by atomic mass is 10.0. The molecule has 1 unspecified atom stereocenters. The number of hydrogen-bond acceptors (Lipinski definition) is 1. The highest BCUT2D eigenvalue weighted by Gasteiger charge is 2.06. The largest absolute Gasteiger partial charge is 0.378 e. The Morgan fingerprint density at radius 2 is 2.07 bits per heavy atom. The minimum absolute atomic E-state index is 0.263. The first-order valence-electron chi connectivity index (χ1n) is 5.24. The lowest BCUT2D eigenvalue weighted by molar-refractivity contribution is 0.0803. The van der Waals surface area contributed by atoms with Crippen LogP contribution < -0.4 is 0 Å². The van der Waals surface area contributed by atoms with Crippen molar-refractivity contribution >= 4 is 21.5 Å². The summed E-state index contributed by atoms with van der Waals surface area (Å²) < 4.78 is 5.53. The van der Waals surface area contributed by atoms with Crippen LogP contribution in [0.5, 0.6) is 0 Å². The molecule has 0 heterocycles. The van der Waals surface area contributed by atoms with E-state index >= 15 is 0 Å². The summed E-state index contributed by atoms with van der Waals surface area (Å²) in [6, 6.07) is 10.4. The van der Waals surface area contributed by atoms with Crippen LogP contribution in [-0.2, 0) is 4.74 Å². The molecular weight excluding hydrogens is 252 g/mol. The van der Waals surface area contributed by atoms with Crippen LogP contribution in [-0.4, -0.2) is 12.7 Å². The van der Waals surface area contributed by atoms with Crippen LogP contribution in [0.1, 0.15) is 25.8 Å². The van der Waals surface area contributed by atoms with Crippen molar-refractivity contribution in [3.8, 4) is 0 Å². The smallest absolute Gasteiger partial charge is 0.0587 e. The fraction of sp³-hybridized carbons (Fsp3) is 0.385. The molecule has 1 rings (SSSR count). The van der Waals surface area contributed by atoms with Crippen LogP contribution in [0.15, 0.2) is 35.3 Å². The van der Waals surface area contributed by atoms with E-state index in [0.29, 0.717) is 0 Å². The van der Waals surface area contributed by atoms with Gasteiger partial charge < -0.3 is 4.74 Å². The van der Waals surface area contributed by atoms with Crippen molar-refractivity contribution < 1.29 is 4.74 Å². The predicted octanol–water partition coefficient (Wildman–Crippen LogP) is 4.24. The fourth-order valence-corrected chi connectivity index (χ4v) is 1.98. The zero-order valence-corrected chi connectivity index (χ0v) is 10.8. The van der Waals surface area contributed by atoms with Gasteiger partial charge in [-0.1, -0.05) is 46.3 Å². The Hall–Kier alpha value is -0.600. The van der Waals surface area contributed by atoms with E-state index in [1.165, 1.54) is 11.1 Å². The molecule has 0 spiro atoms. The van der Waals surface area contributed by atoms with Crippen molar-refractivity contribution in [2.24, 2.45) is 0 Å². The quantitative estimate of drug-likeness (QED) is 0.777. The van der Waals surface area contributed by atoms with E-state index in [1.807, 2.05) is 18.0 Å². The van der Waals surface area contributed by atoms with Gasteiger partial charge in [-0.15, -0.1) is 0 Å². The maximum atomic E-state index is 5.53. The minimum Gasteiger partial charge on any atom is -0.378 e. The SMILES string of the molecule is CCOC(C)C/C(=C/Br)c1ccccc1. The average molecular weight is 269 g/mol. The molecule has 0 aliphatic rings. The molecule has 0 aliphatic carbocycles. The van der Waals surface area contributed by atoms with E-state index in [0.717, 1.165) is 13.0 Å². The van der Waals surface area contributed by atoms with Gasteiger partial charge in [-0.3, -0.25) is 0 Å². The summed E-state index contributed by atoms with van der Waals surface area (Å²) >= 11 is 3.41. The van der Waals surface area contributed by atoms with Crippen LogP contribution in [0, 0.1) is 0 Å². The third kappa shape index (κ3) is 4.18. The van der Waals surface area contributed by atoms with Crippen LogP contribution in [0.3, 0.4) is 0 Å². The van der Waals surface area contributed by atoms with Crippen molar-refractivity contribution in [2.75, 3.05) is 6.61 Å². The second-order valence-corrected chi connectivity index (χ2v) is 3.93. The second kappa shape index (κ2) is 6.81. The molecule has 1 aromatic rings. The molecule has 0 aromatic heterocycles. The van der Waals surface area contributed by atoms with Crippen LogP contribution in [0.4, 0.5) is 0 Å². The molecule has 82 valence electrons. The zero-order chi connectivity index (χ0) is 11.1. The Balaban J connectivity index is 2.66. The number of halogens is 1. The van der Waals surface area contributed by atoms with Crippen molar-refractivity contribution in [2.45, 2.75) is 26.4 Å². The van der Waals surface area contributed by atoms with Crippen LogP contribution >= 0.6 is 15.9 Å². The molecule has 0 aliphatic heterocycles. The van der Waals surface area contributed by atoms with Gasteiger partial charge >= 0.3 is 0 Å². The van der Waals surface area contributed by atoms with E-state index in [1.54, 1.807) is 0 Å². The lowest BCUT2D eigenvalue weighted by Crippen LogP contribution is -2.08. The van der Waals surface area contributed by atoms with E-state index in [9.17, 15) is 0 Å². The summed E-state index contributed by atoms with van der Waals surface area (Å²) in [6.45, 7) is 4.89. The highest BCUT2D eigenvalue weighted by molar-refractivity contribution is 9.11. The Morgan fingerprint density at radius 1 is 1.40 bits per heavy atom. The number of benzene rings is 1. The minimum atomic E-state index is 0.263. The summed E-state index contributed by atoms with van der Waals surface area (Å²) in [5.41, 5.74) is 2.53. The Kier molecular flexibility index (Phi) is 5.66. The van der Waals surface area contributed by atoms with Gasteiger partial charge in [0, 0.05) is 6.61 Å². The van der Waals surface area contributed by atoms with Crippen LogP contribution in [0.25, 0.3) is 5.57 Å². The molecule has 0 N–H and O–H groups in total. The molecule has 1 nitrogen and oxygen atoms in total. The first kappa shape index (κ1) is 12.5. The molecule has 0 saturated carbocycles. The Morgan fingerprint density at radius 3 is 2.60 bits per heavy atom. The van der Waals surface area contributed by atoms with Gasteiger partial charge in [0.05, 0.1) is 6.10 Å². The third-order valence-corrected chi connectivity index (χ3v) is 2.79. The van der Waals surface area contributed by atoms with Crippen molar-refractivity contribution in [1.82, 2.24) is 0 Å². The highest BCUT2D eigenvalue weighted by atomic mass is 79.9. The molecule has 1 aromatic carbocycles. The summed E-state index contributed by atoms with van der Waals surface area (Å²) in [6.07, 6.45) is 1.20. The summed E-state index contributed by atoms with van der Waals surface area (Å²) in [5.74, 6) is 0. The van der Waals surface area contributed by atoms with Gasteiger partial charge in [0.1, 0.15) is 0 Å². The summed E-state index contributed by atoms with van der Waals surface area (Å²) in [4.78, 5) is 1.98. The van der Waals surface area contributed by atoms with Gasteiger partial charge in [-0.25, -0.2) is 0 Å². The highest BCUT2D eigenvalue weighted by Crippen LogP contribution is 2.22. The molecule has 0 bridgehead atoms. The van der Waals surface area contributed by atoms with E-state index in [4.69, 9.17) is 4.74 Å². The third-order valence-electron chi connectivity index (χ3n) is 2.23. The normalized spacial score (nSPS) is 13.9. The molecule has 0 saturated heterocycles. The molecular formula is C13H17BrO. The van der Waals surface area contributed by atoms with Gasteiger partial charge in [0.2, 0.25) is 0 Å². The molecule has 0 radical (unpaired) electrons. The van der Waals surface area contributed by atoms with Crippen molar-refractivity contribution in [1.29, 1.82) is 0 Å². The maximum Gasteiger partial charge on any atom is 0.0587 e. The Labute approximate surface area is 100 Å². The maximum absolute atomic E-state index is 5.53. The van der Waals surface area contributed by atoms with E-state index in [-0.39, 0.29) is 6.10 Å². The predicted molar refractivity (Wildman–Crippen MR) is 69.1 cm³/mol. The van der Waals surface area contributed by atoms with Gasteiger partial charge in [-0.05, 0) is 36.4 Å². The molecule has 0 amide bonds. The van der Waals surface area contributed by atoms with Gasteiger partial charge in [0.25, 0.3) is 0 Å². The monoisotopic (exact) mass is 268 g/mol. The topological polar surface area (TPSA) is 9.23 Å². The standard InChI is InChI=1S/C13H17BrO/c1-3-15-11(2)9-13(10-14)12-7-5-4-6-8-12/h4-8,10-11H,3,9H2,1-2H3/b13-10-. The zero-order valence-electron chi connectivity index (χ0n) is 9.24. The first-order valence-corrected chi connectivity index (χ1v) is 6.15. The number of rotatable bonds is 5. The Bertz CT molecular complexity index is 306. The fourth-order valence-electron chi connectivity index (χ4n) is 1.53. The van der Waals surface area contributed by atoms with Gasteiger partial charge in [-0.2, -0.15) is 0 Å². The second-order valence-electron chi connectivity index (χ2n) is 3.47. The lowest BCUT2D eigenvalue weighted by Gasteiger charge is -2.13. The average Bonchev–Trinajstić information content (AvgIpc) is 2.27. The molecule has 2 heteroatoms. The number of hydrogen-bond donors (Lipinski definition) is 0. The molecule has 0 fully saturated rings. The summed E-state index contributed by atoms with van der Waals surface area (Å²) in [5, 5.41) is 0. The first-order chi connectivity index (χ1) is 7.27. The van der Waals surface area contributed by atoms with Gasteiger partial charge in [0.15, 0.2) is 0 Å². The van der Waals surface area contributed by atoms with Crippen molar-refractivity contribution in [3.05, 3.63) is 40.9 Å². The summed E-state index contributed by atoms with van der Waals surface area (Å²) in [7, 11) is 0. The van der Waals surface area contributed by atoms with Crippen molar-refractivity contribution in [3.63, 3.8) is 0 Å². The van der Waals surface area contributed by atoms with E-state index < -0.39 is 0 Å². The number of ether oxygens (including phenoxy) is 1. The van der Waals surface area contributed by atoms with E-state index in [2.05, 4.69) is 47.1 Å². The van der Waals surface area contributed by atoms with Crippen LogP contribution in [0.2, 0.25) is 0 Å².